The van der Waals surface area contributed by atoms with Crippen LogP contribution < -0.4 is 10.1 Å². The summed E-state index contributed by atoms with van der Waals surface area (Å²) in [5, 5.41) is 13.1. The Hall–Kier alpha value is -1.06. The molecule has 0 aliphatic heterocycles. The van der Waals surface area contributed by atoms with Gasteiger partial charge in [0.2, 0.25) is 0 Å². The zero-order valence-corrected chi connectivity index (χ0v) is 13.8. The lowest BCUT2D eigenvalue weighted by Gasteiger charge is -2.33. The molecule has 21 heavy (non-hydrogen) atoms. The van der Waals surface area contributed by atoms with Crippen molar-refractivity contribution in [1.82, 2.24) is 5.32 Å². The number of benzene rings is 1. The highest BCUT2D eigenvalue weighted by molar-refractivity contribution is 5.42. The molecule has 0 radical (unpaired) electrons. The number of rotatable bonds is 6. The van der Waals surface area contributed by atoms with Crippen LogP contribution in [0.25, 0.3) is 0 Å². The van der Waals surface area contributed by atoms with Crippen molar-refractivity contribution >= 4 is 0 Å². The van der Waals surface area contributed by atoms with E-state index in [2.05, 4.69) is 38.2 Å². The van der Waals surface area contributed by atoms with Gasteiger partial charge in [-0.15, -0.1) is 0 Å². The van der Waals surface area contributed by atoms with Crippen LogP contribution in [0.5, 0.6) is 5.75 Å². The highest BCUT2D eigenvalue weighted by Gasteiger charge is 2.40. The molecule has 1 aromatic carbocycles. The molecule has 0 bridgehead atoms. The van der Waals surface area contributed by atoms with Crippen LogP contribution in [-0.4, -0.2) is 30.9 Å². The first-order valence-corrected chi connectivity index (χ1v) is 8.03. The number of aliphatic hydroxyl groups is 1. The predicted molar refractivity (Wildman–Crippen MR) is 87.0 cm³/mol. The number of aliphatic hydroxyl groups excluding tert-OH is 1. The summed E-state index contributed by atoms with van der Waals surface area (Å²) in [5.74, 6) is 1.52. The van der Waals surface area contributed by atoms with Crippen LogP contribution in [0, 0.1) is 26.7 Å². The monoisotopic (exact) mass is 291 g/mol. The summed E-state index contributed by atoms with van der Waals surface area (Å²) in [6.07, 6.45) is 4.42. The third-order valence-corrected chi connectivity index (χ3v) is 5.05. The standard InChI is InChI=1S/C18H29NO2/c1-13-10-14(2)17(15(3)11-13)21-9-7-16-6-5-8-18(16,12-20)19-4/h10-11,16,19-20H,5-9,12H2,1-4H3. The first kappa shape index (κ1) is 16.3. The van der Waals surface area contributed by atoms with E-state index in [0.717, 1.165) is 25.2 Å². The van der Waals surface area contributed by atoms with Gasteiger partial charge < -0.3 is 15.2 Å². The quantitative estimate of drug-likeness (QED) is 0.846. The van der Waals surface area contributed by atoms with Crippen LogP contribution >= 0.6 is 0 Å². The fourth-order valence-corrected chi connectivity index (χ4v) is 3.88. The Morgan fingerprint density at radius 3 is 2.52 bits per heavy atom. The summed E-state index contributed by atoms with van der Waals surface area (Å²) < 4.78 is 6.06. The molecule has 2 N–H and O–H groups in total. The van der Waals surface area contributed by atoms with Crippen LogP contribution in [0.3, 0.4) is 0 Å². The molecule has 1 aromatic rings. The van der Waals surface area contributed by atoms with Crippen LogP contribution in [-0.2, 0) is 0 Å². The Morgan fingerprint density at radius 2 is 1.95 bits per heavy atom. The fourth-order valence-electron chi connectivity index (χ4n) is 3.88. The van der Waals surface area contributed by atoms with Crippen LogP contribution in [0.15, 0.2) is 12.1 Å². The van der Waals surface area contributed by atoms with Crippen molar-refractivity contribution in [3.63, 3.8) is 0 Å². The minimum atomic E-state index is -0.0965. The lowest BCUT2D eigenvalue weighted by Crippen LogP contribution is -2.49. The molecule has 0 heterocycles. The van der Waals surface area contributed by atoms with E-state index < -0.39 is 0 Å². The van der Waals surface area contributed by atoms with Gasteiger partial charge in [0.1, 0.15) is 5.75 Å². The first-order valence-electron chi connectivity index (χ1n) is 8.03. The van der Waals surface area contributed by atoms with E-state index in [9.17, 15) is 5.11 Å². The summed E-state index contributed by atoms with van der Waals surface area (Å²) >= 11 is 0. The number of hydrogen-bond donors (Lipinski definition) is 2. The number of nitrogens with one attached hydrogen (secondary N) is 1. The van der Waals surface area contributed by atoms with Gasteiger partial charge in [-0.1, -0.05) is 24.1 Å². The van der Waals surface area contributed by atoms with Gasteiger partial charge >= 0.3 is 0 Å². The SMILES string of the molecule is CNC1(CO)CCCC1CCOc1c(C)cc(C)cc1C. The second-order valence-electron chi connectivity index (χ2n) is 6.52. The molecule has 1 saturated carbocycles. The van der Waals surface area contributed by atoms with Crippen molar-refractivity contribution in [2.24, 2.45) is 5.92 Å². The molecular weight excluding hydrogens is 262 g/mol. The zero-order chi connectivity index (χ0) is 15.5. The molecule has 1 aliphatic carbocycles. The van der Waals surface area contributed by atoms with E-state index in [0.29, 0.717) is 5.92 Å². The van der Waals surface area contributed by atoms with Gasteiger partial charge in [0.25, 0.3) is 0 Å². The van der Waals surface area contributed by atoms with E-state index in [4.69, 9.17) is 4.74 Å². The Bertz CT molecular complexity index is 457. The van der Waals surface area contributed by atoms with Crippen LogP contribution in [0.1, 0.15) is 42.4 Å². The van der Waals surface area contributed by atoms with Gasteiger partial charge in [0.15, 0.2) is 0 Å². The molecule has 3 heteroatoms. The highest BCUT2D eigenvalue weighted by Crippen LogP contribution is 2.37. The molecule has 2 unspecified atom stereocenters. The average molecular weight is 291 g/mol. The Morgan fingerprint density at radius 1 is 1.29 bits per heavy atom. The molecule has 3 nitrogen and oxygen atoms in total. The lowest BCUT2D eigenvalue weighted by atomic mass is 9.85. The lowest BCUT2D eigenvalue weighted by molar-refractivity contribution is 0.117. The molecule has 0 spiro atoms. The van der Waals surface area contributed by atoms with Crippen molar-refractivity contribution in [3.8, 4) is 5.75 Å². The number of aryl methyl sites for hydroxylation is 3. The topological polar surface area (TPSA) is 41.5 Å². The third-order valence-electron chi connectivity index (χ3n) is 5.05. The van der Waals surface area contributed by atoms with Crippen molar-refractivity contribution in [3.05, 3.63) is 28.8 Å². The van der Waals surface area contributed by atoms with E-state index in [1.807, 2.05) is 7.05 Å². The maximum Gasteiger partial charge on any atom is 0.125 e. The maximum atomic E-state index is 9.72. The predicted octanol–water partition coefficient (Wildman–Crippen LogP) is 3.13. The minimum Gasteiger partial charge on any atom is -0.493 e. The van der Waals surface area contributed by atoms with Crippen molar-refractivity contribution in [2.45, 2.75) is 52.0 Å². The number of hydrogen-bond acceptors (Lipinski definition) is 3. The Balaban J connectivity index is 1.96. The Kier molecular flexibility index (Phi) is 5.28. The molecule has 0 aromatic heterocycles. The summed E-state index contributed by atoms with van der Waals surface area (Å²) in [4.78, 5) is 0. The van der Waals surface area contributed by atoms with Gasteiger partial charge in [-0.25, -0.2) is 0 Å². The van der Waals surface area contributed by atoms with Gasteiger partial charge in [-0.05, 0) is 64.1 Å². The van der Waals surface area contributed by atoms with Gasteiger partial charge in [-0.3, -0.25) is 0 Å². The van der Waals surface area contributed by atoms with E-state index in [-0.39, 0.29) is 12.1 Å². The van der Waals surface area contributed by atoms with E-state index in [1.54, 1.807) is 0 Å². The number of ether oxygens (including phenoxy) is 1. The largest absolute Gasteiger partial charge is 0.493 e. The average Bonchev–Trinajstić information content (AvgIpc) is 2.85. The summed E-state index contributed by atoms with van der Waals surface area (Å²) in [6, 6.07) is 4.34. The molecule has 118 valence electrons. The molecule has 1 aliphatic rings. The smallest absolute Gasteiger partial charge is 0.125 e. The van der Waals surface area contributed by atoms with Crippen molar-refractivity contribution < 1.29 is 9.84 Å². The third kappa shape index (κ3) is 3.41. The second kappa shape index (κ2) is 6.80. The van der Waals surface area contributed by atoms with Crippen molar-refractivity contribution in [2.75, 3.05) is 20.3 Å². The van der Waals surface area contributed by atoms with Gasteiger partial charge in [-0.2, -0.15) is 0 Å². The minimum absolute atomic E-state index is 0.0965. The van der Waals surface area contributed by atoms with Gasteiger partial charge in [0, 0.05) is 5.54 Å². The normalized spacial score (nSPS) is 25.3. The molecular formula is C18H29NO2. The fraction of sp³-hybridized carbons (Fsp3) is 0.667. The molecule has 0 amide bonds. The first-order chi connectivity index (χ1) is 10.0. The van der Waals surface area contributed by atoms with Crippen LogP contribution in [0.4, 0.5) is 0 Å². The molecule has 0 saturated heterocycles. The summed E-state index contributed by atoms with van der Waals surface area (Å²) in [5.41, 5.74) is 3.60. The Labute approximate surface area is 128 Å². The number of likely N-dealkylation sites (N-methyl/N-ethyl adjacent to an activating group) is 1. The molecule has 2 rings (SSSR count). The summed E-state index contributed by atoms with van der Waals surface area (Å²) in [7, 11) is 1.96. The highest BCUT2D eigenvalue weighted by atomic mass is 16.5. The molecule has 2 atom stereocenters. The van der Waals surface area contributed by atoms with E-state index >= 15 is 0 Å². The van der Waals surface area contributed by atoms with Gasteiger partial charge in [0.05, 0.1) is 13.2 Å². The maximum absolute atomic E-state index is 9.72. The second-order valence-corrected chi connectivity index (χ2v) is 6.52. The zero-order valence-electron chi connectivity index (χ0n) is 13.8. The van der Waals surface area contributed by atoms with E-state index in [1.165, 1.54) is 29.5 Å². The van der Waals surface area contributed by atoms with Crippen molar-refractivity contribution in [1.29, 1.82) is 0 Å². The molecule has 1 fully saturated rings. The van der Waals surface area contributed by atoms with Crippen LogP contribution in [0.2, 0.25) is 0 Å². The summed E-state index contributed by atoms with van der Waals surface area (Å²) in [6.45, 7) is 7.27.